The SMILES string of the molecule is CCC(CCCO)OC1CCC(O)C(C)O1. The first-order chi connectivity index (χ1) is 7.67. The van der Waals surface area contributed by atoms with Crippen LogP contribution in [0.15, 0.2) is 0 Å². The first kappa shape index (κ1) is 13.9. The van der Waals surface area contributed by atoms with E-state index < -0.39 is 0 Å². The maximum absolute atomic E-state index is 9.51. The third-order valence-corrected chi connectivity index (χ3v) is 3.09. The van der Waals surface area contributed by atoms with Crippen LogP contribution in [0.3, 0.4) is 0 Å². The van der Waals surface area contributed by atoms with Gasteiger partial charge in [0.25, 0.3) is 0 Å². The van der Waals surface area contributed by atoms with Crippen molar-refractivity contribution in [2.45, 2.75) is 70.6 Å². The van der Waals surface area contributed by atoms with Crippen molar-refractivity contribution in [2.75, 3.05) is 6.61 Å². The van der Waals surface area contributed by atoms with Crippen molar-refractivity contribution in [3.05, 3.63) is 0 Å². The summed E-state index contributed by atoms with van der Waals surface area (Å²) in [5, 5.41) is 18.3. The number of hydrogen-bond acceptors (Lipinski definition) is 4. The van der Waals surface area contributed by atoms with Crippen LogP contribution in [0.1, 0.15) is 46.0 Å². The molecule has 16 heavy (non-hydrogen) atoms. The Labute approximate surface area is 97.6 Å². The van der Waals surface area contributed by atoms with E-state index in [-0.39, 0.29) is 31.2 Å². The van der Waals surface area contributed by atoms with Crippen LogP contribution >= 0.6 is 0 Å². The predicted octanol–water partition coefficient (Wildman–Crippen LogP) is 1.44. The second-order valence-electron chi connectivity index (χ2n) is 4.45. The third kappa shape index (κ3) is 4.37. The molecular weight excluding hydrogens is 208 g/mol. The molecule has 0 aromatic heterocycles. The van der Waals surface area contributed by atoms with Gasteiger partial charge in [-0.3, -0.25) is 0 Å². The summed E-state index contributed by atoms with van der Waals surface area (Å²) >= 11 is 0. The highest BCUT2D eigenvalue weighted by Gasteiger charge is 2.28. The van der Waals surface area contributed by atoms with Gasteiger partial charge < -0.3 is 19.7 Å². The van der Waals surface area contributed by atoms with Crippen LogP contribution in [-0.2, 0) is 9.47 Å². The van der Waals surface area contributed by atoms with Gasteiger partial charge in [-0.15, -0.1) is 0 Å². The van der Waals surface area contributed by atoms with Crippen molar-refractivity contribution in [2.24, 2.45) is 0 Å². The summed E-state index contributed by atoms with van der Waals surface area (Å²) in [6.07, 6.45) is 3.50. The molecule has 0 aromatic rings. The molecule has 1 heterocycles. The van der Waals surface area contributed by atoms with Crippen molar-refractivity contribution in [1.82, 2.24) is 0 Å². The topological polar surface area (TPSA) is 58.9 Å². The number of rotatable bonds is 6. The molecule has 1 rings (SSSR count). The van der Waals surface area contributed by atoms with E-state index in [0.29, 0.717) is 0 Å². The highest BCUT2D eigenvalue weighted by Crippen LogP contribution is 2.22. The van der Waals surface area contributed by atoms with E-state index in [1.807, 2.05) is 6.92 Å². The molecular formula is C12H24O4. The van der Waals surface area contributed by atoms with E-state index in [2.05, 4.69) is 6.92 Å². The summed E-state index contributed by atoms with van der Waals surface area (Å²) < 4.78 is 11.4. The van der Waals surface area contributed by atoms with Gasteiger partial charge in [0.1, 0.15) is 0 Å². The fourth-order valence-electron chi connectivity index (χ4n) is 1.94. The zero-order valence-electron chi connectivity index (χ0n) is 10.3. The zero-order chi connectivity index (χ0) is 12.0. The summed E-state index contributed by atoms with van der Waals surface area (Å²) in [6, 6.07) is 0. The highest BCUT2D eigenvalue weighted by molar-refractivity contribution is 4.72. The minimum atomic E-state index is -0.364. The Morgan fingerprint density at radius 3 is 2.75 bits per heavy atom. The molecule has 1 aliphatic rings. The van der Waals surface area contributed by atoms with E-state index in [0.717, 1.165) is 32.1 Å². The van der Waals surface area contributed by atoms with Crippen molar-refractivity contribution >= 4 is 0 Å². The fourth-order valence-corrected chi connectivity index (χ4v) is 1.94. The minimum absolute atomic E-state index is 0.144. The molecule has 1 saturated heterocycles. The quantitative estimate of drug-likeness (QED) is 0.727. The normalized spacial score (nSPS) is 32.6. The largest absolute Gasteiger partial charge is 0.396 e. The van der Waals surface area contributed by atoms with Gasteiger partial charge in [0.15, 0.2) is 6.29 Å². The summed E-state index contributed by atoms with van der Waals surface area (Å²) in [5.74, 6) is 0. The van der Waals surface area contributed by atoms with E-state index in [4.69, 9.17) is 14.6 Å². The minimum Gasteiger partial charge on any atom is -0.396 e. The molecule has 4 nitrogen and oxygen atoms in total. The molecule has 4 unspecified atom stereocenters. The standard InChI is InChI=1S/C12H24O4/c1-3-10(5-4-8-13)16-12-7-6-11(14)9(2)15-12/h9-14H,3-8H2,1-2H3. The first-order valence-corrected chi connectivity index (χ1v) is 6.27. The molecule has 0 saturated carbocycles. The second kappa shape index (κ2) is 7.22. The average Bonchev–Trinajstić information content (AvgIpc) is 2.29. The van der Waals surface area contributed by atoms with Gasteiger partial charge in [0, 0.05) is 13.0 Å². The number of hydrogen-bond donors (Lipinski definition) is 2. The summed E-state index contributed by atoms with van der Waals surface area (Å²) in [5.41, 5.74) is 0. The number of aliphatic hydroxyl groups excluding tert-OH is 2. The molecule has 0 spiro atoms. The molecule has 1 fully saturated rings. The van der Waals surface area contributed by atoms with Gasteiger partial charge in [0.2, 0.25) is 0 Å². The van der Waals surface area contributed by atoms with Crippen LogP contribution in [0.25, 0.3) is 0 Å². The number of ether oxygens (including phenoxy) is 2. The van der Waals surface area contributed by atoms with Gasteiger partial charge in [-0.2, -0.15) is 0 Å². The predicted molar refractivity (Wildman–Crippen MR) is 61.1 cm³/mol. The Hall–Kier alpha value is -0.160. The van der Waals surface area contributed by atoms with Gasteiger partial charge >= 0.3 is 0 Å². The van der Waals surface area contributed by atoms with Gasteiger partial charge in [-0.25, -0.2) is 0 Å². The summed E-state index contributed by atoms with van der Waals surface area (Å²) in [4.78, 5) is 0. The van der Waals surface area contributed by atoms with Gasteiger partial charge in [-0.05, 0) is 32.6 Å². The molecule has 0 aliphatic carbocycles. The molecule has 1 aliphatic heterocycles. The lowest BCUT2D eigenvalue weighted by Gasteiger charge is -2.33. The average molecular weight is 232 g/mol. The van der Waals surface area contributed by atoms with E-state index in [9.17, 15) is 5.11 Å². The second-order valence-corrected chi connectivity index (χ2v) is 4.45. The lowest BCUT2D eigenvalue weighted by atomic mass is 10.1. The Balaban J connectivity index is 2.29. The van der Waals surface area contributed by atoms with Crippen LogP contribution in [0.5, 0.6) is 0 Å². The Morgan fingerprint density at radius 1 is 1.44 bits per heavy atom. The van der Waals surface area contributed by atoms with Crippen molar-refractivity contribution in [3.63, 3.8) is 0 Å². The summed E-state index contributed by atoms with van der Waals surface area (Å²) in [6.45, 7) is 4.15. The molecule has 0 aromatic carbocycles. The Bertz CT molecular complexity index is 186. The van der Waals surface area contributed by atoms with Crippen molar-refractivity contribution in [1.29, 1.82) is 0 Å². The number of aliphatic hydroxyl groups is 2. The molecule has 2 N–H and O–H groups in total. The molecule has 96 valence electrons. The van der Waals surface area contributed by atoms with E-state index in [1.165, 1.54) is 0 Å². The third-order valence-electron chi connectivity index (χ3n) is 3.09. The van der Waals surface area contributed by atoms with Crippen molar-refractivity contribution in [3.8, 4) is 0 Å². The maximum Gasteiger partial charge on any atom is 0.158 e. The smallest absolute Gasteiger partial charge is 0.158 e. The fraction of sp³-hybridized carbons (Fsp3) is 1.00. The highest BCUT2D eigenvalue weighted by atomic mass is 16.7. The van der Waals surface area contributed by atoms with E-state index >= 15 is 0 Å². The lowest BCUT2D eigenvalue weighted by molar-refractivity contribution is -0.235. The van der Waals surface area contributed by atoms with Gasteiger partial charge in [-0.1, -0.05) is 6.92 Å². The summed E-state index contributed by atoms with van der Waals surface area (Å²) in [7, 11) is 0. The first-order valence-electron chi connectivity index (χ1n) is 6.27. The van der Waals surface area contributed by atoms with E-state index in [1.54, 1.807) is 0 Å². The Morgan fingerprint density at radius 2 is 2.19 bits per heavy atom. The van der Waals surface area contributed by atoms with Crippen LogP contribution in [0.2, 0.25) is 0 Å². The van der Waals surface area contributed by atoms with Crippen molar-refractivity contribution < 1.29 is 19.7 Å². The molecule has 0 bridgehead atoms. The maximum atomic E-state index is 9.51. The Kier molecular flexibility index (Phi) is 6.28. The molecule has 0 radical (unpaired) electrons. The van der Waals surface area contributed by atoms with Crippen LogP contribution in [-0.4, -0.2) is 41.4 Å². The van der Waals surface area contributed by atoms with Crippen LogP contribution in [0, 0.1) is 0 Å². The molecule has 0 amide bonds. The van der Waals surface area contributed by atoms with Crippen LogP contribution in [0.4, 0.5) is 0 Å². The van der Waals surface area contributed by atoms with Gasteiger partial charge in [0.05, 0.1) is 18.3 Å². The zero-order valence-corrected chi connectivity index (χ0v) is 10.3. The monoisotopic (exact) mass is 232 g/mol. The molecule has 4 atom stereocenters. The lowest BCUT2D eigenvalue weighted by Crippen LogP contribution is -2.39. The van der Waals surface area contributed by atoms with Crippen LogP contribution < -0.4 is 0 Å². The molecule has 4 heteroatoms.